The Morgan fingerprint density at radius 3 is 2.37 bits per heavy atom. The van der Waals surface area contributed by atoms with Gasteiger partial charge in [-0.15, -0.1) is 0 Å². The molecule has 108 valence electrons. The maximum absolute atomic E-state index is 2.49. The van der Waals surface area contributed by atoms with E-state index in [4.69, 9.17) is 0 Å². The summed E-state index contributed by atoms with van der Waals surface area (Å²) in [7, 11) is 2.24. The first-order valence-electron chi connectivity index (χ1n) is 7.94. The van der Waals surface area contributed by atoms with E-state index in [9.17, 15) is 0 Å². The quantitative estimate of drug-likeness (QED) is 0.686. The Morgan fingerprint density at radius 2 is 1.84 bits per heavy atom. The molecule has 1 saturated carbocycles. The predicted octanol–water partition coefficient (Wildman–Crippen LogP) is 4.86. The van der Waals surface area contributed by atoms with Crippen LogP contribution in [0.3, 0.4) is 0 Å². The van der Waals surface area contributed by atoms with Gasteiger partial charge in [-0.3, -0.25) is 0 Å². The van der Waals surface area contributed by atoms with Gasteiger partial charge in [0, 0.05) is 19.3 Å². The smallest absolute Gasteiger partial charge is 0.0174 e. The summed E-state index contributed by atoms with van der Waals surface area (Å²) >= 11 is 0. The van der Waals surface area contributed by atoms with Crippen LogP contribution in [0, 0.1) is 23.2 Å². The van der Waals surface area contributed by atoms with Gasteiger partial charge >= 0.3 is 0 Å². The molecule has 0 aromatic carbocycles. The van der Waals surface area contributed by atoms with E-state index in [1.54, 1.807) is 5.57 Å². The molecule has 0 amide bonds. The lowest BCUT2D eigenvalue weighted by Crippen LogP contribution is -2.24. The normalized spacial score (nSPS) is 35.5. The van der Waals surface area contributed by atoms with Crippen LogP contribution >= 0.6 is 0 Å². The Balaban J connectivity index is 2.27. The number of allylic oxidation sites excluding steroid dienone is 4. The summed E-state index contributed by atoms with van der Waals surface area (Å²) in [4.78, 5) is 2.44. The Hall–Kier alpha value is -0.720. The van der Waals surface area contributed by atoms with Crippen LogP contribution in [0.4, 0.5) is 0 Å². The third-order valence-corrected chi connectivity index (χ3v) is 5.98. The van der Waals surface area contributed by atoms with Gasteiger partial charge in [0.25, 0.3) is 0 Å². The summed E-state index contributed by atoms with van der Waals surface area (Å²) in [6, 6.07) is 0. The van der Waals surface area contributed by atoms with Crippen LogP contribution in [-0.2, 0) is 0 Å². The van der Waals surface area contributed by atoms with Crippen molar-refractivity contribution in [2.24, 2.45) is 23.2 Å². The maximum Gasteiger partial charge on any atom is 0.0174 e. The minimum Gasteiger partial charge on any atom is -0.378 e. The van der Waals surface area contributed by atoms with Crippen molar-refractivity contribution in [2.75, 3.05) is 13.6 Å². The van der Waals surface area contributed by atoms with Crippen molar-refractivity contribution in [1.82, 2.24) is 4.90 Å². The number of hydrogen-bond acceptors (Lipinski definition) is 1. The average Bonchev–Trinajstić information content (AvgIpc) is 2.42. The van der Waals surface area contributed by atoms with E-state index in [2.05, 4.69) is 58.7 Å². The van der Waals surface area contributed by atoms with Gasteiger partial charge in [-0.25, -0.2) is 0 Å². The largest absolute Gasteiger partial charge is 0.378 e. The number of nitrogens with zero attached hydrogens (tertiary/aromatic N) is 1. The SMILES string of the molecule is CC1=C(/C=C\C2CCC2C)C(C)(C)[C@H](C)CCN1C. The van der Waals surface area contributed by atoms with E-state index < -0.39 is 0 Å². The molecule has 1 heterocycles. The Labute approximate surface area is 119 Å². The molecule has 2 unspecified atom stereocenters. The van der Waals surface area contributed by atoms with Gasteiger partial charge < -0.3 is 4.90 Å². The maximum atomic E-state index is 2.49. The lowest BCUT2D eigenvalue weighted by molar-refractivity contribution is 0.249. The molecule has 0 aromatic rings. The Bertz CT molecular complexity index is 388. The second kappa shape index (κ2) is 5.34. The summed E-state index contributed by atoms with van der Waals surface area (Å²) in [5.41, 5.74) is 3.31. The first-order valence-corrected chi connectivity index (χ1v) is 7.94. The van der Waals surface area contributed by atoms with E-state index in [0.29, 0.717) is 5.41 Å². The van der Waals surface area contributed by atoms with Crippen molar-refractivity contribution in [3.05, 3.63) is 23.4 Å². The second-order valence-electron chi connectivity index (χ2n) is 7.41. The Morgan fingerprint density at radius 1 is 1.16 bits per heavy atom. The molecule has 0 aromatic heterocycles. The zero-order chi connectivity index (χ0) is 14.2. The lowest BCUT2D eigenvalue weighted by atomic mass is 9.70. The van der Waals surface area contributed by atoms with E-state index in [1.807, 2.05) is 0 Å². The molecular formula is C18H31N. The zero-order valence-corrected chi connectivity index (χ0v) is 13.7. The summed E-state index contributed by atoms with van der Waals surface area (Å²) in [5.74, 6) is 2.45. The van der Waals surface area contributed by atoms with Gasteiger partial charge in [0.2, 0.25) is 0 Å². The van der Waals surface area contributed by atoms with Crippen molar-refractivity contribution >= 4 is 0 Å². The van der Waals surface area contributed by atoms with Crippen molar-refractivity contribution in [3.63, 3.8) is 0 Å². The standard InChI is InChI=1S/C18H31N/c1-13-7-8-16(13)9-10-17-15(3)19(6)12-11-14(2)18(17,4)5/h9-10,13-14,16H,7-8,11-12H2,1-6H3/b10-9-/t13?,14-,16?/m1/s1. The summed E-state index contributed by atoms with van der Waals surface area (Å²) in [6.45, 7) is 13.1. The molecule has 0 saturated heterocycles. The second-order valence-corrected chi connectivity index (χ2v) is 7.41. The van der Waals surface area contributed by atoms with Crippen molar-refractivity contribution in [2.45, 2.75) is 53.9 Å². The monoisotopic (exact) mass is 261 g/mol. The third kappa shape index (κ3) is 2.75. The highest BCUT2D eigenvalue weighted by Gasteiger charge is 2.33. The molecule has 0 N–H and O–H groups in total. The van der Waals surface area contributed by atoms with Crippen LogP contribution < -0.4 is 0 Å². The molecule has 1 heteroatoms. The van der Waals surface area contributed by atoms with Gasteiger partial charge in [-0.2, -0.15) is 0 Å². The van der Waals surface area contributed by atoms with Crippen LogP contribution in [0.25, 0.3) is 0 Å². The summed E-state index contributed by atoms with van der Waals surface area (Å²) < 4.78 is 0. The molecule has 1 nitrogen and oxygen atoms in total. The minimum atomic E-state index is 0.290. The van der Waals surface area contributed by atoms with E-state index in [1.165, 1.54) is 31.5 Å². The van der Waals surface area contributed by atoms with Gasteiger partial charge in [-0.1, -0.05) is 39.8 Å². The van der Waals surface area contributed by atoms with E-state index in [-0.39, 0.29) is 0 Å². The van der Waals surface area contributed by atoms with Crippen LogP contribution in [0.15, 0.2) is 23.4 Å². The molecule has 1 aliphatic heterocycles. The van der Waals surface area contributed by atoms with Gasteiger partial charge in [-0.05, 0) is 54.9 Å². The first kappa shape index (κ1) is 14.7. The molecule has 1 fully saturated rings. The zero-order valence-electron chi connectivity index (χ0n) is 13.7. The molecule has 19 heavy (non-hydrogen) atoms. The van der Waals surface area contributed by atoms with Gasteiger partial charge in [0.15, 0.2) is 0 Å². The van der Waals surface area contributed by atoms with Crippen molar-refractivity contribution in [3.8, 4) is 0 Å². The first-order chi connectivity index (χ1) is 8.84. The minimum absolute atomic E-state index is 0.290. The molecule has 0 radical (unpaired) electrons. The van der Waals surface area contributed by atoms with Gasteiger partial charge in [0.05, 0.1) is 0 Å². The topological polar surface area (TPSA) is 3.24 Å². The highest BCUT2D eigenvalue weighted by atomic mass is 15.1. The Kier molecular flexibility index (Phi) is 4.13. The van der Waals surface area contributed by atoms with Crippen LogP contribution in [-0.4, -0.2) is 18.5 Å². The predicted molar refractivity (Wildman–Crippen MR) is 83.9 cm³/mol. The van der Waals surface area contributed by atoms with Gasteiger partial charge in [0.1, 0.15) is 0 Å². The van der Waals surface area contributed by atoms with Crippen molar-refractivity contribution in [1.29, 1.82) is 0 Å². The third-order valence-electron chi connectivity index (χ3n) is 5.98. The van der Waals surface area contributed by atoms with Crippen LogP contribution in [0.2, 0.25) is 0 Å². The fraction of sp³-hybridized carbons (Fsp3) is 0.778. The fourth-order valence-corrected chi connectivity index (χ4v) is 3.39. The molecule has 3 atom stereocenters. The average molecular weight is 261 g/mol. The van der Waals surface area contributed by atoms with Crippen molar-refractivity contribution < 1.29 is 0 Å². The highest BCUT2D eigenvalue weighted by molar-refractivity contribution is 5.32. The summed E-state index contributed by atoms with van der Waals surface area (Å²) in [5, 5.41) is 0. The highest BCUT2D eigenvalue weighted by Crippen LogP contribution is 2.43. The number of rotatable bonds is 2. The number of hydrogen-bond donors (Lipinski definition) is 0. The van der Waals surface area contributed by atoms with Crippen LogP contribution in [0.5, 0.6) is 0 Å². The molecule has 2 rings (SSSR count). The molecule has 1 aliphatic carbocycles. The lowest BCUT2D eigenvalue weighted by Gasteiger charge is -2.34. The van der Waals surface area contributed by atoms with Crippen LogP contribution in [0.1, 0.15) is 53.9 Å². The van der Waals surface area contributed by atoms with E-state index in [0.717, 1.165) is 17.8 Å². The summed E-state index contributed by atoms with van der Waals surface area (Å²) in [6.07, 6.45) is 9.02. The molecule has 0 spiro atoms. The molecular weight excluding hydrogens is 230 g/mol. The molecule has 2 aliphatic rings. The fourth-order valence-electron chi connectivity index (χ4n) is 3.39. The molecule has 0 bridgehead atoms. The van der Waals surface area contributed by atoms with E-state index >= 15 is 0 Å².